The van der Waals surface area contributed by atoms with Crippen LogP contribution in [0.3, 0.4) is 0 Å². The topological polar surface area (TPSA) is 40.5 Å². The van der Waals surface area contributed by atoms with E-state index in [4.69, 9.17) is 0 Å². The van der Waals surface area contributed by atoms with Gasteiger partial charge < -0.3 is 10.2 Å². The van der Waals surface area contributed by atoms with Crippen molar-refractivity contribution in [1.82, 2.24) is 0 Å². The number of hydrogen-bond donors (Lipinski definition) is 2. The van der Waals surface area contributed by atoms with E-state index in [9.17, 15) is 10.2 Å². The van der Waals surface area contributed by atoms with Crippen LogP contribution in [-0.2, 0) is 0 Å². The fraction of sp³-hybridized carbons (Fsp3) is 0.500. The Bertz CT molecular complexity index is 147. The molecule has 2 N–H and O–H groups in total. The van der Waals surface area contributed by atoms with Gasteiger partial charge >= 0.3 is 0 Å². The van der Waals surface area contributed by atoms with Crippen molar-refractivity contribution in [3.63, 3.8) is 0 Å². The van der Waals surface area contributed by atoms with Crippen LogP contribution < -0.4 is 0 Å². The molecule has 0 aliphatic heterocycles. The van der Waals surface area contributed by atoms with Crippen LogP contribution in [0.4, 0.5) is 0 Å². The van der Waals surface area contributed by atoms with E-state index in [0.29, 0.717) is 5.57 Å². The Labute approximate surface area is 61.5 Å². The zero-order valence-electron chi connectivity index (χ0n) is 6.46. The highest BCUT2D eigenvalue weighted by molar-refractivity contribution is 5.11. The maximum atomic E-state index is 9.33. The maximum absolute atomic E-state index is 9.33. The van der Waals surface area contributed by atoms with E-state index >= 15 is 0 Å². The summed E-state index contributed by atoms with van der Waals surface area (Å²) in [6, 6.07) is 0. The van der Waals surface area contributed by atoms with Crippen molar-refractivity contribution in [2.75, 3.05) is 0 Å². The Kier molecular flexibility index (Phi) is 2.81. The minimum Gasteiger partial charge on any atom is -0.385 e. The minimum absolute atomic E-state index is 0.532. The maximum Gasteiger partial charge on any atom is 0.109 e. The predicted octanol–water partition coefficient (Wildman–Crippen LogP) is 0.860. The van der Waals surface area contributed by atoms with Gasteiger partial charge in [0.25, 0.3) is 0 Å². The lowest BCUT2D eigenvalue weighted by molar-refractivity contribution is -0.00495. The summed E-state index contributed by atoms with van der Waals surface area (Å²) in [6.07, 6.45) is 0.372. The number of hydrogen-bond acceptors (Lipinski definition) is 2. The van der Waals surface area contributed by atoms with Gasteiger partial charge in [0.1, 0.15) is 11.7 Å². The molecule has 0 aromatic heterocycles. The predicted molar refractivity (Wildman–Crippen MR) is 41.6 cm³/mol. The normalized spacial score (nSPS) is 19.2. The molecular formula is C8H14O2. The van der Waals surface area contributed by atoms with Crippen molar-refractivity contribution < 1.29 is 10.2 Å². The molecule has 0 heterocycles. The van der Waals surface area contributed by atoms with Crippen molar-refractivity contribution in [3.05, 3.63) is 24.8 Å². The first-order valence-electron chi connectivity index (χ1n) is 3.11. The average molecular weight is 142 g/mol. The van der Waals surface area contributed by atoms with Crippen LogP contribution in [0.5, 0.6) is 0 Å². The van der Waals surface area contributed by atoms with Crippen LogP contribution in [-0.4, -0.2) is 21.9 Å². The molecule has 0 spiro atoms. The summed E-state index contributed by atoms with van der Waals surface area (Å²) >= 11 is 0. The lowest BCUT2D eigenvalue weighted by atomic mass is 9.95. The summed E-state index contributed by atoms with van der Waals surface area (Å²) in [5.74, 6) is 0. The van der Waals surface area contributed by atoms with Gasteiger partial charge in [-0.05, 0) is 19.4 Å². The molecule has 0 bridgehead atoms. The number of aliphatic hydroxyl groups is 2. The van der Waals surface area contributed by atoms with Crippen molar-refractivity contribution in [1.29, 1.82) is 0 Å². The Morgan fingerprint density at radius 2 is 2.10 bits per heavy atom. The highest BCUT2D eigenvalue weighted by Crippen LogP contribution is 2.16. The highest BCUT2D eigenvalue weighted by atomic mass is 16.3. The van der Waals surface area contributed by atoms with Gasteiger partial charge in [0, 0.05) is 0 Å². The monoisotopic (exact) mass is 142 g/mol. The molecule has 0 fully saturated rings. The smallest absolute Gasteiger partial charge is 0.109 e. The molecule has 2 heteroatoms. The zero-order valence-corrected chi connectivity index (χ0v) is 6.46. The highest BCUT2D eigenvalue weighted by Gasteiger charge is 2.26. The van der Waals surface area contributed by atoms with Crippen molar-refractivity contribution in [2.24, 2.45) is 0 Å². The van der Waals surface area contributed by atoms with E-state index in [2.05, 4.69) is 13.2 Å². The fourth-order valence-electron chi connectivity index (χ4n) is 0.610. The number of aliphatic hydroxyl groups excluding tert-OH is 1. The summed E-state index contributed by atoms with van der Waals surface area (Å²) in [6.45, 7) is 10.0. The van der Waals surface area contributed by atoms with Gasteiger partial charge in [0.2, 0.25) is 0 Å². The van der Waals surface area contributed by atoms with Crippen molar-refractivity contribution >= 4 is 0 Å². The summed E-state index contributed by atoms with van der Waals surface area (Å²) in [4.78, 5) is 0. The van der Waals surface area contributed by atoms with Gasteiger partial charge in [0.05, 0.1) is 0 Å². The zero-order chi connectivity index (χ0) is 8.36. The van der Waals surface area contributed by atoms with Gasteiger partial charge in [-0.3, -0.25) is 0 Å². The molecule has 0 amide bonds. The summed E-state index contributed by atoms with van der Waals surface area (Å²) in [5, 5.41) is 18.6. The third-order valence-electron chi connectivity index (χ3n) is 1.43. The molecular weight excluding hydrogens is 128 g/mol. The van der Waals surface area contributed by atoms with Crippen molar-refractivity contribution in [3.8, 4) is 0 Å². The molecule has 58 valence electrons. The third-order valence-corrected chi connectivity index (χ3v) is 1.43. The molecule has 0 rings (SSSR count). The number of rotatable bonds is 3. The van der Waals surface area contributed by atoms with E-state index in [1.54, 1.807) is 6.92 Å². The Morgan fingerprint density at radius 1 is 1.70 bits per heavy atom. The van der Waals surface area contributed by atoms with E-state index in [-0.39, 0.29) is 0 Å². The van der Waals surface area contributed by atoms with Gasteiger partial charge in [-0.15, -0.1) is 6.58 Å². The molecule has 0 unspecified atom stereocenters. The first-order chi connectivity index (χ1) is 4.41. The van der Waals surface area contributed by atoms with Crippen LogP contribution in [0.15, 0.2) is 24.8 Å². The van der Waals surface area contributed by atoms with Crippen LogP contribution >= 0.6 is 0 Å². The largest absolute Gasteiger partial charge is 0.385 e. The van der Waals surface area contributed by atoms with Crippen LogP contribution in [0.2, 0.25) is 0 Å². The van der Waals surface area contributed by atoms with Crippen LogP contribution in [0.25, 0.3) is 0 Å². The molecule has 0 aromatic carbocycles. The molecule has 0 saturated heterocycles. The fourth-order valence-corrected chi connectivity index (χ4v) is 0.610. The SMILES string of the molecule is C=C[C@](C)(O)[C@H](O)C(=C)C. The molecule has 0 aliphatic rings. The standard InChI is InChI=1S/C8H14O2/c1-5-8(4,10)7(9)6(2)3/h5,7,9-10H,1-2H2,3-4H3/t7-,8+/m1/s1. The quantitative estimate of drug-likeness (QED) is 0.574. The van der Waals surface area contributed by atoms with Gasteiger partial charge in [-0.2, -0.15) is 0 Å². The summed E-state index contributed by atoms with van der Waals surface area (Å²) in [7, 11) is 0. The van der Waals surface area contributed by atoms with E-state index in [0.717, 1.165) is 0 Å². The molecule has 0 radical (unpaired) electrons. The second-order valence-corrected chi connectivity index (χ2v) is 2.68. The molecule has 2 atom stereocenters. The first-order valence-corrected chi connectivity index (χ1v) is 3.11. The van der Waals surface area contributed by atoms with E-state index in [1.807, 2.05) is 0 Å². The summed E-state index contributed by atoms with van der Waals surface area (Å²) in [5.41, 5.74) is -0.726. The average Bonchev–Trinajstić information content (AvgIpc) is 1.86. The molecule has 2 nitrogen and oxygen atoms in total. The lowest BCUT2D eigenvalue weighted by Crippen LogP contribution is -2.37. The van der Waals surface area contributed by atoms with Crippen LogP contribution in [0.1, 0.15) is 13.8 Å². The molecule has 0 aromatic rings. The second kappa shape index (κ2) is 2.99. The van der Waals surface area contributed by atoms with Crippen molar-refractivity contribution in [2.45, 2.75) is 25.6 Å². The minimum atomic E-state index is -1.26. The molecule has 0 saturated carbocycles. The van der Waals surface area contributed by atoms with Crippen LogP contribution in [0, 0.1) is 0 Å². The third kappa shape index (κ3) is 1.97. The molecule has 0 aliphatic carbocycles. The first kappa shape index (κ1) is 9.40. The Balaban J connectivity index is 4.31. The van der Waals surface area contributed by atoms with Gasteiger partial charge in [0.15, 0.2) is 0 Å². The Morgan fingerprint density at radius 3 is 2.20 bits per heavy atom. The van der Waals surface area contributed by atoms with Gasteiger partial charge in [-0.1, -0.05) is 12.7 Å². The Hall–Kier alpha value is -0.600. The second-order valence-electron chi connectivity index (χ2n) is 2.68. The van der Waals surface area contributed by atoms with Gasteiger partial charge in [-0.25, -0.2) is 0 Å². The summed E-state index contributed by atoms with van der Waals surface area (Å²) < 4.78 is 0. The molecule has 10 heavy (non-hydrogen) atoms. The van der Waals surface area contributed by atoms with E-state index in [1.165, 1.54) is 13.0 Å². The van der Waals surface area contributed by atoms with E-state index < -0.39 is 11.7 Å². The lowest BCUT2D eigenvalue weighted by Gasteiger charge is -2.25.